The first-order chi connectivity index (χ1) is 15.2. The molecule has 1 aliphatic rings. The highest BCUT2D eigenvalue weighted by Gasteiger charge is 2.21. The van der Waals surface area contributed by atoms with E-state index in [1.54, 1.807) is 47.6 Å². The normalized spacial score (nSPS) is 13.5. The molecule has 1 unspecified atom stereocenters. The fourth-order valence-electron chi connectivity index (χ4n) is 3.11. The summed E-state index contributed by atoms with van der Waals surface area (Å²) in [6.07, 6.45) is 8.01. The molecule has 2 amide bonds. The average molecular weight is 418 g/mol. The van der Waals surface area contributed by atoms with Crippen molar-refractivity contribution in [2.24, 2.45) is 0 Å². The van der Waals surface area contributed by atoms with Gasteiger partial charge in [0.15, 0.2) is 11.5 Å². The van der Waals surface area contributed by atoms with Gasteiger partial charge in [-0.3, -0.25) is 9.59 Å². The van der Waals surface area contributed by atoms with E-state index in [0.717, 1.165) is 5.56 Å². The number of nitrogens with one attached hydrogen (secondary N) is 2. The van der Waals surface area contributed by atoms with Crippen LogP contribution in [0.15, 0.2) is 73.3 Å². The van der Waals surface area contributed by atoms with Crippen molar-refractivity contribution in [2.45, 2.75) is 12.6 Å². The van der Waals surface area contributed by atoms with Crippen LogP contribution < -0.4 is 20.1 Å². The second-order valence-corrected chi connectivity index (χ2v) is 6.91. The van der Waals surface area contributed by atoms with Crippen LogP contribution in [-0.4, -0.2) is 40.6 Å². The smallest absolute Gasteiger partial charge is 0.248 e. The molecule has 1 atom stereocenters. The van der Waals surface area contributed by atoms with Crippen LogP contribution in [0.1, 0.15) is 5.56 Å². The van der Waals surface area contributed by atoms with Gasteiger partial charge in [-0.1, -0.05) is 24.3 Å². The Morgan fingerprint density at radius 2 is 1.90 bits per heavy atom. The van der Waals surface area contributed by atoms with E-state index in [1.165, 1.54) is 6.08 Å². The Labute approximate surface area is 179 Å². The predicted molar refractivity (Wildman–Crippen MR) is 116 cm³/mol. The van der Waals surface area contributed by atoms with Gasteiger partial charge in [0.25, 0.3) is 0 Å². The summed E-state index contributed by atoms with van der Waals surface area (Å²) in [5.41, 5.74) is 1.45. The van der Waals surface area contributed by atoms with E-state index in [1.807, 2.05) is 30.3 Å². The molecule has 0 fully saturated rings. The van der Waals surface area contributed by atoms with Gasteiger partial charge in [-0.05, 0) is 35.9 Å². The van der Waals surface area contributed by atoms with Gasteiger partial charge in [-0.2, -0.15) is 0 Å². The highest BCUT2D eigenvalue weighted by atomic mass is 16.6. The number of nitrogens with zero attached hydrogens (tertiary/aromatic N) is 2. The van der Waals surface area contributed by atoms with Crippen LogP contribution >= 0.6 is 0 Å². The van der Waals surface area contributed by atoms with E-state index in [-0.39, 0.29) is 18.4 Å². The highest BCUT2D eigenvalue weighted by Crippen LogP contribution is 2.31. The maximum atomic E-state index is 12.8. The van der Waals surface area contributed by atoms with Crippen molar-refractivity contribution < 1.29 is 19.1 Å². The Morgan fingerprint density at radius 3 is 2.68 bits per heavy atom. The van der Waals surface area contributed by atoms with Crippen molar-refractivity contribution in [3.63, 3.8) is 0 Å². The van der Waals surface area contributed by atoms with Crippen LogP contribution in [-0.2, 0) is 16.1 Å². The molecule has 0 radical (unpaired) electrons. The van der Waals surface area contributed by atoms with Gasteiger partial charge in [-0.15, -0.1) is 0 Å². The summed E-state index contributed by atoms with van der Waals surface area (Å²) in [6, 6.07) is 13.8. The summed E-state index contributed by atoms with van der Waals surface area (Å²) in [4.78, 5) is 29.3. The van der Waals surface area contributed by atoms with E-state index in [2.05, 4.69) is 15.6 Å². The molecule has 0 saturated carbocycles. The molecule has 158 valence electrons. The number of aromatic nitrogens is 2. The minimum Gasteiger partial charge on any atom is -0.486 e. The van der Waals surface area contributed by atoms with Crippen molar-refractivity contribution in [1.82, 2.24) is 14.9 Å². The van der Waals surface area contributed by atoms with Crippen LogP contribution in [0.25, 0.3) is 6.08 Å². The molecular formula is C23H22N4O4. The lowest BCUT2D eigenvalue weighted by Crippen LogP contribution is -2.45. The number of hydrogen-bond donors (Lipinski definition) is 2. The number of fused-ring (bicyclic) bond motifs is 1. The lowest BCUT2D eigenvalue weighted by atomic mass is 10.1. The summed E-state index contributed by atoms with van der Waals surface area (Å²) >= 11 is 0. The first kappa shape index (κ1) is 20.2. The number of carbonyl (C=O) groups is 2. The average Bonchev–Trinajstić information content (AvgIpc) is 3.31. The zero-order valence-corrected chi connectivity index (χ0v) is 16.7. The summed E-state index contributed by atoms with van der Waals surface area (Å²) in [6.45, 7) is 1.27. The number of para-hydroxylation sites is 1. The fourth-order valence-corrected chi connectivity index (χ4v) is 3.11. The van der Waals surface area contributed by atoms with Crippen molar-refractivity contribution in [1.29, 1.82) is 0 Å². The molecule has 0 spiro atoms. The molecule has 2 heterocycles. The van der Waals surface area contributed by atoms with Crippen LogP contribution in [0.2, 0.25) is 0 Å². The van der Waals surface area contributed by atoms with Gasteiger partial charge in [0.1, 0.15) is 19.3 Å². The molecule has 2 aromatic carbocycles. The lowest BCUT2D eigenvalue weighted by molar-refractivity contribution is -0.124. The topological polar surface area (TPSA) is 94.5 Å². The monoisotopic (exact) mass is 418 g/mol. The zero-order chi connectivity index (χ0) is 21.5. The molecule has 2 N–H and O–H groups in total. The van der Waals surface area contributed by atoms with Gasteiger partial charge >= 0.3 is 0 Å². The summed E-state index contributed by atoms with van der Waals surface area (Å²) < 4.78 is 12.8. The third-order valence-electron chi connectivity index (χ3n) is 4.62. The molecule has 8 nitrogen and oxygen atoms in total. The number of anilines is 1. The van der Waals surface area contributed by atoms with Crippen LogP contribution in [0.5, 0.6) is 11.5 Å². The molecule has 31 heavy (non-hydrogen) atoms. The maximum Gasteiger partial charge on any atom is 0.248 e. The van der Waals surface area contributed by atoms with E-state index >= 15 is 0 Å². The van der Waals surface area contributed by atoms with Crippen LogP contribution in [0.4, 0.5) is 5.69 Å². The quantitative estimate of drug-likeness (QED) is 0.575. The Morgan fingerprint density at radius 1 is 1.10 bits per heavy atom. The fraction of sp³-hybridized carbons (Fsp3) is 0.174. The molecular weight excluding hydrogens is 396 g/mol. The first-order valence-corrected chi connectivity index (χ1v) is 9.87. The van der Waals surface area contributed by atoms with E-state index in [0.29, 0.717) is 30.4 Å². The number of ether oxygens (including phenoxy) is 2. The van der Waals surface area contributed by atoms with Gasteiger partial charge < -0.3 is 24.7 Å². The third-order valence-corrected chi connectivity index (χ3v) is 4.62. The number of amides is 2. The van der Waals surface area contributed by atoms with Crippen molar-refractivity contribution >= 4 is 23.6 Å². The zero-order valence-electron chi connectivity index (χ0n) is 16.7. The minimum atomic E-state index is -0.785. The molecule has 0 aliphatic carbocycles. The molecule has 3 aromatic rings. The Hall–Kier alpha value is -4.07. The molecule has 4 rings (SSSR count). The summed E-state index contributed by atoms with van der Waals surface area (Å²) in [5, 5.41) is 5.59. The van der Waals surface area contributed by atoms with Crippen molar-refractivity contribution in [2.75, 3.05) is 18.5 Å². The van der Waals surface area contributed by atoms with Crippen LogP contribution in [0, 0.1) is 0 Å². The minimum absolute atomic E-state index is 0.252. The van der Waals surface area contributed by atoms with Crippen molar-refractivity contribution in [3.8, 4) is 11.5 Å². The lowest BCUT2D eigenvalue weighted by Gasteiger charge is -2.19. The second-order valence-electron chi connectivity index (χ2n) is 6.91. The number of benzene rings is 2. The summed E-state index contributed by atoms with van der Waals surface area (Å²) in [5.74, 6) is 0.629. The van der Waals surface area contributed by atoms with Gasteiger partial charge in [0, 0.05) is 24.2 Å². The first-order valence-electron chi connectivity index (χ1n) is 9.87. The number of hydrogen-bond acceptors (Lipinski definition) is 5. The highest BCUT2D eigenvalue weighted by molar-refractivity contribution is 6.00. The molecule has 8 heteroatoms. The Kier molecular flexibility index (Phi) is 6.27. The summed E-state index contributed by atoms with van der Waals surface area (Å²) in [7, 11) is 0. The number of rotatable bonds is 7. The molecule has 0 saturated heterocycles. The van der Waals surface area contributed by atoms with E-state index < -0.39 is 6.04 Å². The predicted octanol–water partition coefficient (Wildman–Crippen LogP) is 2.49. The van der Waals surface area contributed by atoms with Gasteiger partial charge in [0.2, 0.25) is 11.8 Å². The Balaban J connectivity index is 1.43. The molecule has 1 aliphatic heterocycles. The van der Waals surface area contributed by atoms with Crippen molar-refractivity contribution in [3.05, 3.63) is 78.9 Å². The van der Waals surface area contributed by atoms with E-state index in [9.17, 15) is 9.59 Å². The van der Waals surface area contributed by atoms with Crippen LogP contribution in [0.3, 0.4) is 0 Å². The molecule has 0 bridgehead atoms. The van der Waals surface area contributed by atoms with Gasteiger partial charge in [-0.25, -0.2) is 4.98 Å². The van der Waals surface area contributed by atoms with E-state index in [4.69, 9.17) is 9.47 Å². The standard InChI is InChI=1S/C23H22N4O4/c28-22(9-7-17-6-8-20-21(14-17)31-13-12-30-20)26-19(15-27-11-10-24-16-27)23(29)25-18-4-2-1-3-5-18/h1-11,14,16,19H,12-13,15H2,(H,25,29)(H,26,28)/b9-7+. The Bertz CT molecular complexity index is 1060. The SMILES string of the molecule is O=C(/C=C/c1ccc2c(c1)OCCO2)NC(Cn1ccnc1)C(=O)Nc1ccccc1. The largest absolute Gasteiger partial charge is 0.486 e. The third kappa shape index (κ3) is 5.51. The molecule has 1 aromatic heterocycles. The number of carbonyl (C=O) groups excluding carboxylic acids is 2. The number of imidazole rings is 1. The van der Waals surface area contributed by atoms with Gasteiger partial charge in [0.05, 0.1) is 12.9 Å². The second kappa shape index (κ2) is 9.62. The maximum absolute atomic E-state index is 12.8.